The average Bonchev–Trinajstić information content (AvgIpc) is 3.34. The lowest BCUT2D eigenvalue weighted by Gasteiger charge is -2.19. The first-order valence-electron chi connectivity index (χ1n) is 8.71. The van der Waals surface area contributed by atoms with Crippen LogP contribution in [0.4, 0.5) is 0 Å². The molecule has 0 spiro atoms. The number of rotatable bonds is 4. The molecule has 3 aromatic rings. The van der Waals surface area contributed by atoms with Gasteiger partial charge in [-0.1, -0.05) is 18.2 Å². The Morgan fingerprint density at radius 3 is 3.04 bits per heavy atom. The summed E-state index contributed by atoms with van der Waals surface area (Å²) < 4.78 is 7.75. The van der Waals surface area contributed by atoms with Crippen LogP contribution in [0, 0.1) is 0 Å². The van der Waals surface area contributed by atoms with Gasteiger partial charge in [0.15, 0.2) is 0 Å². The van der Waals surface area contributed by atoms with Crippen molar-refractivity contribution in [3.05, 3.63) is 90.2 Å². The highest BCUT2D eigenvalue weighted by Crippen LogP contribution is 2.33. The van der Waals surface area contributed by atoms with Crippen LogP contribution < -0.4 is 10.2 Å². The maximum atomic E-state index is 5.60. The van der Waals surface area contributed by atoms with Crippen LogP contribution >= 0.6 is 0 Å². The van der Waals surface area contributed by atoms with Gasteiger partial charge in [-0.2, -0.15) is 4.94 Å². The molecule has 0 amide bonds. The molecule has 0 bridgehead atoms. The Labute approximate surface area is 156 Å². The van der Waals surface area contributed by atoms with Gasteiger partial charge < -0.3 is 9.30 Å². The van der Waals surface area contributed by atoms with Crippen molar-refractivity contribution in [3.63, 3.8) is 0 Å². The van der Waals surface area contributed by atoms with Crippen molar-refractivity contribution in [3.8, 4) is 5.75 Å². The summed E-state index contributed by atoms with van der Waals surface area (Å²) in [6.45, 7) is 0.744. The van der Waals surface area contributed by atoms with Crippen LogP contribution in [-0.2, 0) is 11.5 Å². The molecule has 1 aromatic heterocycles. The quantitative estimate of drug-likeness (QED) is 0.772. The average molecular weight is 358 g/mol. The number of nitrogens with one attached hydrogen (secondary N) is 1. The van der Waals surface area contributed by atoms with Crippen LogP contribution in [0.5, 0.6) is 5.75 Å². The van der Waals surface area contributed by atoms with Gasteiger partial charge in [0.2, 0.25) is 0 Å². The second-order valence-corrected chi connectivity index (χ2v) is 6.42. The fraction of sp³-hybridized carbons (Fsp3) is 0.0952. The van der Waals surface area contributed by atoms with Gasteiger partial charge in [0, 0.05) is 18.3 Å². The first kappa shape index (κ1) is 15.7. The molecule has 2 aliphatic heterocycles. The topological polar surface area (TPSA) is 51.6 Å². The molecule has 0 saturated heterocycles. The molecule has 0 aliphatic carbocycles. The number of methoxy groups -OCH3 is 1. The molecule has 2 aromatic carbocycles. The van der Waals surface area contributed by atoms with Gasteiger partial charge in [-0.15, -0.1) is 0 Å². The van der Waals surface area contributed by atoms with Crippen molar-refractivity contribution in [2.75, 3.05) is 7.11 Å². The minimum Gasteiger partial charge on any atom is -0.496 e. The highest BCUT2D eigenvalue weighted by atomic mass is 16.8. The number of aromatic nitrogens is 2. The van der Waals surface area contributed by atoms with E-state index in [9.17, 15) is 0 Å². The highest BCUT2D eigenvalue weighted by Gasteiger charge is 2.19. The van der Waals surface area contributed by atoms with Crippen molar-refractivity contribution >= 4 is 16.6 Å². The van der Waals surface area contributed by atoms with Gasteiger partial charge in [-0.25, -0.2) is 15.5 Å². The molecule has 27 heavy (non-hydrogen) atoms. The van der Waals surface area contributed by atoms with Crippen LogP contribution in [0.2, 0.25) is 0 Å². The lowest BCUT2D eigenvalue weighted by Crippen LogP contribution is -2.15. The summed E-state index contributed by atoms with van der Waals surface area (Å²) in [4.78, 5) is 9.73. The molecular formula is C21H18N4O2. The second kappa shape index (κ2) is 6.34. The van der Waals surface area contributed by atoms with Crippen molar-refractivity contribution in [1.82, 2.24) is 20.1 Å². The third kappa shape index (κ3) is 2.76. The third-order valence-electron chi connectivity index (χ3n) is 4.76. The fourth-order valence-electron chi connectivity index (χ4n) is 3.42. The van der Waals surface area contributed by atoms with Crippen LogP contribution in [0.15, 0.2) is 79.0 Å². The van der Waals surface area contributed by atoms with Gasteiger partial charge in [-0.3, -0.25) is 0 Å². The number of nitrogens with zero attached hydrogens (tertiary/aromatic N) is 3. The summed E-state index contributed by atoms with van der Waals surface area (Å²) in [6, 6.07) is 14.4. The van der Waals surface area contributed by atoms with E-state index in [0.29, 0.717) is 0 Å². The smallest absolute Gasteiger partial charge is 0.126 e. The molecule has 0 radical (unpaired) electrons. The van der Waals surface area contributed by atoms with E-state index < -0.39 is 0 Å². The molecule has 5 rings (SSSR count). The summed E-state index contributed by atoms with van der Waals surface area (Å²) in [5, 5.41) is 1.68. The van der Waals surface area contributed by atoms with Gasteiger partial charge >= 0.3 is 0 Å². The highest BCUT2D eigenvalue weighted by molar-refractivity contribution is 5.81. The summed E-state index contributed by atoms with van der Waals surface area (Å²) in [6.07, 6.45) is 9.67. The molecule has 0 unspecified atom stereocenters. The number of benzene rings is 2. The van der Waals surface area contributed by atoms with E-state index in [2.05, 4.69) is 39.3 Å². The lowest BCUT2D eigenvalue weighted by molar-refractivity contribution is -0.112. The maximum absolute atomic E-state index is 5.60. The number of para-hydroxylation sites is 2. The SMILES string of the molecule is COc1ccc(Cn2cnc3ccccc32)cc1C1=CC2=CNON2C=C1. The summed E-state index contributed by atoms with van der Waals surface area (Å²) in [5.74, 6) is 0.839. The van der Waals surface area contributed by atoms with Crippen LogP contribution in [-0.4, -0.2) is 21.7 Å². The predicted octanol–water partition coefficient (Wildman–Crippen LogP) is 3.60. The minimum atomic E-state index is 0.744. The molecule has 3 heterocycles. The molecule has 0 atom stereocenters. The number of imidazole rings is 1. The van der Waals surface area contributed by atoms with E-state index >= 15 is 0 Å². The Morgan fingerprint density at radius 2 is 2.11 bits per heavy atom. The molecular weight excluding hydrogens is 340 g/mol. The van der Waals surface area contributed by atoms with Gasteiger partial charge in [-0.05, 0) is 47.6 Å². The van der Waals surface area contributed by atoms with Gasteiger partial charge in [0.05, 0.1) is 36.4 Å². The Kier molecular flexibility index (Phi) is 3.69. The summed E-state index contributed by atoms with van der Waals surface area (Å²) in [7, 11) is 1.70. The number of hydroxylamine groups is 3. The standard InChI is InChI=1S/C21H18N4O2/c1-26-21-7-6-15(13-24-14-22-19-4-2-3-5-20(19)24)10-18(21)16-8-9-25-17(11-16)12-23-27-25/h2-12,14,23H,13H2,1H3. The van der Waals surface area contributed by atoms with E-state index in [-0.39, 0.29) is 0 Å². The predicted molar refractivity (Wildman–Crippen MR) is 103 cm³/mol. The molecule has 1 N–H and O–H groups in total. The zero-order valence-corrected chi connectivity index (χ0v) is 14.8. The van der Waals surface area contributed by atoms with Crippen molar-refractivity contribution in [2.24, 2.45) is 0 Å². The third-order valence-corrected chi connectivity index (χ3v) is 4.76. The van der Waals surface area contributed by atoms with Gasteiger partial charge in [0.25, 0.3) is 0 Å². The lowest BCUT2D eigenvalue weighted by atomic mass is 9.99. The normalized spacial score (nSPS) is 15.4. The number of hydrogen-bond acceptors (Lipinski definition) is 5. The largest absolute Gasteiger partial charge is 0.496 e. The maximum Gasteiger partial charge on any atom is 0.126 e. The molecule has 6 nitrogen and oxygen atoms in total. The number of allylic oxidation sites excluding steroid dienone is 3. The summed E-state index contributed by atoms with van der Waals surface area (Å²) in [5.41, 5.74) is 9.12. The Hall–Kier alpha value is -3.51. The number of hydrogen-bond donors (Lipinski definition) is 1. The van der Waals surface area contributed by atoms with Crippen LogP contribution in [0.3, 0.4) is 0 Å². The Morgan fingerprint density at radius 1 is 1.19 bits per heavy atom. The first-order valence-corrected chi connectivity index (χ1v) is 8.71. The summed E-state index contributed by atoms with van der Waals surface area (Å²) >= 11 is 0. The fourth-order valence-corrected chi connectivity index (χ4v) is 3.42. The van der Waals surface area contributed by atoms with Crippen LogP contribution in [0.25, 0.3) is 16.6 Å². The molecule has 2 aliphatic rings. The van der Waals surface area contributed by atoms with Crippen LogP contribution in [0.1, 0.15) is 11.1 Å². The monoisotopic (exact) mass is 358 g/mol. The van der Waals surface area contributed by atoms with Crippen molar-refractivity contribution in [1.29, 1.82) is 0 Å². The second-order valence-electron chi connectivity index (χ2n) is 6.42. The Bertz CT molecular complexity index is 1110. The Balaban J connectivity index is 1.52. The molecule has 0 fully saturated rings. The van der Waals surface area contributed by atoms with E-state index in [0.717, 1.165) is 40.2 Å². The number of fused-ring (bicyclic) bond motifs is 2. The zero-order chi connectivity index (χ0) is 18.2. The van der Waals surface area contributed by atoms with E-state index in [1.54, 1.807) is 12.2 Å². The molecule has 6 heteroatoms. The van der Waals surface area contributed by atoms with E-state index in [1.165, 1.54) is 5.56 Å². The molecule has 134 valence electrons. The first-order chi connectivity index (χ1) is 13.3. The molecule has 0 saturated carbocycles. The minimum absolute atomic E-state index is 0.744. The van der Waals surface area contributed by atoms with Gasteiger partial charge in [0.1, 0.15) is 5.75 Å². The van der Waals surface area contributed by atoms with Crippen molar-refractivity contribution < 1.29 is 9.68 Å². The van der Waals surface area contributed by atoms with E-state index in [1.807, 2.05) is 49.1 Å². The zero-order valence-electron chi connectivity index (χ0n) is 14.8. The van der Waals surface area contributed by atoms with E-state index in [4.69, 9.17) is 9.68 Å². The number of ether oxygens (including phenoxy) is 1. The van der Waals surface area contributed by atoms with Crippen molar-refractivity contribution in [2.45, 2.75) is 6.54 Å².